The monoisotopic (exact) mass is 524 g/mol. The van der Waals surface area contributed by atoms with E-state index in [0.29, 0.717) is 29.0 Å². The standard InChI is InChI=1S/C27H29FN4O4S/c1-6-32-24(27(2,3)4)16-25(31-32)30-26(33)13-17-7-8-18(14-21(17)28)36-23-11-12-29-22-10-9-19(15-20(22)23)37(5,34)35/h7-12,14-16H,6,13H2,1-5H3,(H,30,31,33). The number of carbonyl (C=O) groups excluding carboxylic acids is 1. The van der Waals surface area contributed by atoms with E-state index in [-0.39, 0.29) is 34.0 Å². The molecule has 0 spiro atoms. The summed E-state index contributed by atoms with van der Waals surface area (Å²) < 4.78 is 46.5. The van der Waals surface area contributed by atoms with Gasteiger partial charge in [0.15, 0.2) is 15.7 Å². The normalized spacial score (nSPS) is 12.1. The molecule has 2 aromatic carbocycles. The van der Waals surface area contributed by atoms with E-state index in [1.165, 1.54) is 30.5 Å². The quantitative estimate of drug-likeness (QED) is 0.354. The van der Waals surface area contributed by atoms with Gasteiger partial charge in [0.2, 0.25) is 5.91 Å². The van der Waals surface area contributed by atoms with Crippen molar-refractivity contribution < 1.29 is 22.3 Å². The number of benzene rings is 2. The first kappa shape index (κ1) is 26.3. The average Bonchev–Trinajstić information content (AvgIpc) is 3.23. The summed E-state index contributed by atoms with van der Waals surface area (Å²) in [5, 5.41) is 7.67. The maximum absolute atomic E-state index is 14.9. The van der Waals surface area contributed by atoms with Gasteiger partial charge >= 0.3 is 0 Å². The number of hydrogen-bond acceptors (Lipinski definition) is 6. The number of anilines is 1. The van der Waals surface area contributed by atoms with E-state index < -0.39 is 15.7 Å². The Morgan fingerprint density at radius 2 is 1.86 bits per heavy atom. The highest BCUT2D eigenvalue weighted by Gasteiger charge is 2.21. The van der Waals surface area contributed by atoms with Gasteiger partial charge < -0.3 is 10.1 Å². The van der Waals surface area contributed by atoms with E-state index in [9.17, 15) is 17.6 Å². The van der Waals surface area contributed by atoms with Crippen LogP contribution in [0.1, 0.15) is 39.0 Å². The van der Waals surface area contributed by atoms with Crippen molar-refractivity contribution >= 4 is 32.5 Å². The van der Waals surface area contributed by atoms with Crippen LogP contribution in [0, 0.1) is 5.82 Å². The van der Waals surface area contributed by atoms with Gasteiger partial charge in [0, 0.05) is 47.6 Å². The minimum absolute atomic E-state index is 0.129. The van der Waals surface area contributed by atoms with Crippen molar-refractivity contribution in [3.8, 4) is 11.5 Å². The van der Waals surface area contributed by atoms with Gasteiger partial charge in [-0.05, 0) is 42.8 Å². The van der Waals surface area contributed by atoms with Crippen molar-refractivity contribution in [3.05, 3.63) is 71.8 Å². The van der Waals surface area contributed by atoms with Gasteiger partial charge in [0.25, 0.3) is 0 Å². The van der Waals surface area contributed by atoms with Crippen LogP contribution in [-0.2, 0) is 33.0 Å². The average molecular weight is 525 g/mol. The van der Waals surface area contributed by atoms with Gasteiger partial charge in [-0.15, -0.1) is 0 Å². The number of aromatic nitrogens is 3. The van der Waals surface area contributed by atoms with Crippen LogP contribution in [0.3, 0.4) is 0 Å². The molecule has 10 heteroatoms. The van der Waals surface area contributed by atoms with Gasteiger partial charge in [-0.3, -0.25) is 14.5 Å². The van der Waals surface area contributed by atoms with Crippen molar-refractivity contribution in [2.75, 3.05) is 11.6 Å². The van der Waals surface area contributed by atoms with Crippen LogP contribution in [0.2, 0.25) is 0 Å². The third kappa shape index (κ3) is 5.96. The molecule has 0 saturated heterocycles. The first-order chi connectivity index (χ1) is 17.3. The molecular formula is C27H29FN4O4S. The lowest BCUT2D eigenvalue weighted by Crippen LogP contribution is -2.17. The van der Waals surface area contributed by atoms with Crippen molar-refractivity contribution in [2.45, 2.75) is 51.0 Å². The summed E-state index contributed by atoms with van der Waals surface area (Å²) >= 11 is 0. The van der Waals surface area contributed by atoms with Crippen LogP contribution in [0.5, 0.6) is 11.5 Å². The predicted octanol–water partition coefficient (Wildman–Crippen LogP) is 5.26. The molecule has 1 amide bonds. The molecular weight excluding hydrogens is 495 g/mol. The Kier molecular flexibility index (Phi) is 7.05. The Bertz CT molecular complexity index is 1590. The van der Waals surface area contributed by atoms with Gasteiger partial charge in [-0.1, -0.05) is 26.8 Å². The molecule has 37 heavy (non-hydrogen) atoms. The molecule has 0 aliphatic heterocycles. The van der Waals surface area contributed by atoms with E-state index in [1.807, 2.05) is 17.7 Å². The summed E-state index contributed by atoms with van der Waals surface area (Å²) in [5.74, 6) is -0.0216. The third-order valence-corrected chi connectivity index (χ3v) is 6.93. The number of nitrogens with one attached hydrogen (secondary N) is 1. The Morgan fingerprint density at radius 1 is 1.11 bits per heavy atom. The largest absolute Gasteiger partial charge is 0.456 e. The molecule has 0 aliphatic rings. The summed E-state index contributed by atoms with van der Waals surface area (Å²) in [4.78, 5) is 17.0. The topological polar surface area (TPSA) is 103 Å². The predicted molar refractivity (Wildman–Crippen MR) is 140 cm³/mol. The van der Waals surface area contributed by atoms with E-state index in [1.54, 1.807) is 18.2 Å². The summed E-state index contributed by atoms with van der Waals surface area (Å²) in [6.07, 6.45) is 2.47. The number of rotatable bonds is 7. The number of carbonyl (C=O) groups is 1. The Morgan fingerprint density at radius 3 is 2.49 bits per heavy atom. The molecule has 0 atom stereocenters. The second-order valence-electron chi connectivity index (χ2n) is 9.82. The lowest BCUT2D eigenvalue weighted by molar-refractivity contribution is -0.115. The van der Waals surface area contributed by atoms with E-state index in [0.717, 1.165) is 11.9 Å². The number of ether oxygens (including phenoxy) is 1. The number of nitrogens with zero attached hydrogens (tertiary/aromatic N) is 3. The fraction of sp³-hybridized carbons (Fsp3) is 0.296. The number of pyridine rings is 1. The van der Waals surface area contributed by atoms with Crippen LogP contribution < -0.4 is 10.1 Å². The zero-order chi connectivity index (χ0) is 27.0. The smallest absolute Gasteiger partial charge is 0.230 e. The molecule has 0 radical (unpaired) electrons. The molecule has 4 rings (SSSR count). The molecule has 0 fully saturated rings. The second-order valence-corrected chi connectivity index (χ2v) is 11.8. The van der Waals surface area contributed by atoms with Crippen molar-refractivity contribution in [1.82, 2.24) is 14.8 Å². The second kappa shape index (κ2) is 9.93. The van der Waals surface area contributed by atoms with Crippen LogP contribution >= 0.6 is 0 Å². The molecule has 0 saturated carbocycles. The molecule has 0 bridgehead atoms. The number of aryl methyl sites for hydroxylation is 1. The number of halogens is 1. The SMILES string of the molecule is CCn1nc(NC(=O)Cc2ccc(Oc3ccnc4ccc(S(C)(=O)=O)cc34)cc2F)cc1C(C)(C)C. The van der Waals surface area contributed by atoms with Gasteiger partial charge in [-0.25, -0.2) is 12.8 Å². The minimum atomic E-state index is -3.43. The highest BCUT2D eigenvalue weighted by molar-refractivity contribution is 7.90. The number of hydrogen-bond donors (Lipinski definition) is 1. The van der Waals surface area contributed by atoms with Crippen LogP contribution in [0.15, 0.2) is 59.6 Å². The summed E-state index contributed by atoms with van der Waals surface area (Å²) in [5.41, 5.74) is 1.60. The minimum Gasteiger partial charge on any atom is -0.456 e. The molecule has 8 nitrogen and oxygen atoms in total. The Balaban J connectivity index is 1.51. The first-order valence-corrected chi connectivity index (χ1v) is 13.7. The van der Waals surface area contributed by atoms with Crippen LogP contribution in [-0.4, -0.2) is 35.3 Å². The first-order valence-electron chi connectivity index (χ1n) is 11.8. The fourth-order valence-corrected chi connectivity index (χ4v) is 4.61. The van der Waals surface area contributed by atoms with Gasteiger partial charge in [0.1, 0.15) is 17.3 Å². The zero-order valence-corrected chi connectivity index (χ0v) is 22.2. The van der Waals surface area contributed by atoms with E-state index in [4.69, 9.17) is 4.74 Å². The number of fused-ring (bicyclic) bond motifs is 1. The maximum Gasteiger partial charge on any atom is 0.230 e. The van der Waals surface area contributed by atoms with Crippen LogP contribution in [0.4, 0.5) is 10.2 Å². The van der Waals surface area contributed by atoms with Crippen molar-refractivity contribution in [1.29, 1.82) is 0 Å². The number of amides is 1. The van der Waals surface area contributed by atoms with Crippen LogP contribution in [0.25, 0.3) is 10.9 Å². The summed E-state index contributed by atoms with van der Waals surface area (Å²) in [7, 11) is -3.43. The van der Waals surface area contributed by atoms with Gasteiger partial charge in [0.05, 0.1) is 16.8 Å². The van der Waals surface area contributed by atoms with E-state index in [2.05, 4.69) is 36.2 Å². The summed E-state index contributed by atoms with van der Waals surface area (Å²) in [6.45, 7) is 8.85. The molecule has 4 aromatic rings. The lowest BCUT2D eigenvalue weighted by atomic mass is 9.92. The Hall–Kier alpha value is -3.79. The zero-order valence-electron chi connectivity index (χ0n) is 21.4. The Labute approximate surface area is 215 Å². The maximum atomic E-state index is 14.9. The van der Waals surface area contributed by atoms with Crippen molar-refractivity contribution in [3.63, 3.8) is 0 Å². The molecule has 1 N–H and O–H groups in total. The molecule has 2 heterocycles. The number of sulfone groups is 1. The third-order valence-electron chi connectivity index (χ3n) is 5.82. The van der Waals surface area contributed by atoms with Gasteiger partial charge in [-0.2, -0.15) is 5.10 Å². The van der Waals surface area contributed by atoms with Crippen molar-refractivity contribution in [2.24, 2.45) is 0 Å². The molecule has 0 aliphatic carbocycles. The fourth-order valence-electron chi connectivity index (χ4n) is 3.96. The lowest BCUT2D eigenvalue weighted by Gasteiger charge is -2.19. The van der Waals surface area contributed by atoms with E-state index >= 15 is 0 Å². The molecule has 0 unspecified atom stereocenters. The highest BCUT2D eigenvalue weighted by atomic mass is 32.2. The highest BCUT2D eigenvalue weighted by Crippen LogP contribution is 2.31. The molecule has 2 aromatic heterocycles. The molecule has 194 valence electrons. The summed E-state index contributed by atoms with van der Waals surface area (Å²) in [6, 6.07) is 12.2.